The quantitative estimate of drug-likeness (QED) is 0.478. The Kier molecular flexibility index (Phi) is 4.75. The van der Waals surface area contributed by atoms with E-state index in [2.05, 4.69) is 6.58 Å². The summed E-state index contributed by atoms with van der Waals surface area (Å²) < 4.78 is 5.62. The zero-order valence-corrected chi connectivity index (χ0v) is 12.5. The standard InChI is InChI=1S/C19H17NO2/c1-15(14-20)18(21)22-19(2,17-11-7-4-8-12-17)13-16-9-5-3-6-10-16/h3-12H,1,13H2,2H3. The van der Waals surface area contributed by atoms with Gasteiger partial charge in [-0.25, -0.2) is 4.79 Å². The highest BCUT2D eigenvalue weighted by atomic mass is 16.6. The summed E-state index contributed by atoms with van der Waals surface area (Å²) in [7, 11) is 0. The molecule has 0 bridgehead atoms. The van der Waals surface area contributed by atoms with Gasteiger partial charge in [-0.3, -0.25) is 0 Å². The first-order valence-electron chi connectivity index (χ1n) is 6.97. The first-order valence-corrected chi connectivity index (χ1v) is 6.97. The summed E-state index contributed by atoms with van der Waals surface area (Å²) in [6.07, 6.45) is 0.516. The molecule has 0 saturated heterocycles. The molecule has 1 unspecified atom stereocenters. The predicted octanol–water partition coefficient (Wildman–Crippen LogP) is 3.77. The number of nitriles is 1. The van der Waals surface area contributed by atoms with Crippen LogP contribution < -0.4 is 0 Å². The molecule has 0 aliphatic rings. The molecule has 22 heavy (non-hydrogen) atoms. The molecule has 110 valence electrons. The van der Waals surface area contributed by atoms with E-state index in [4.69, 9.17) is 10.00 Å². The monoisotopic (exact) mass is 291 g/mol. The van der Waals surface area contributed by atoms with Crippen LogP contribution in [0, 0.1) is 11.3 Å². The zero-order valence-electron chi connectivity index (χ0n) is 12.5. The number of ether oxygens (including phenoxy) is 1. The molecule has 2 rings (SSSR count). The average Bonchev–Trinajstić information content (AvgIpc) is 2.55. The molecular weight excluding hydrogens is 274 g/mol. The maximum absolute atomic E-state index is 12.0. The van der Waals surface area contributed by atoms with Crippen LogP contribution in [0.5, 0.6) is 0 Å². The van der Waals surface area contributed by atoms with E-state index < -0.39 is 11.6 Å². The van der Waals surface area contributed by atoms with Crippen LogP contribution in [0.4, 0.5) is 0 Å². The van der Waals surface area contributed by atoms with Crippen LogP contribution in [0.3, 0.4) is 0 Å². The Bertz CT molecular complexity index is 701. The van der Waals surface area contributed by atoms with E-state index in [0.29, 0.717) is 6.42 Å². The zero-order chi connectivity index (χ0) is 16.0. The summed E-state index contributed by atoms with van der Waals surface area (Å²) in [6.45, 7) is 5.27. The minimum Gasteiger partial charge on any atom is -0.450 e. The Morgan fingerprint density at radius 3 is 2.23 bits per heavy atom. The summed E-state index contributed by atoms with van der Waals surface area (Å²) in [5.41, 5.74) is 0.858. The molecule has 1 atom stereocenters. The van der Waals surface area contributed by atoms with E-state index in [1.54, 1.807) is 6.07 Å². The minimum atomic E-state index is -0.862. The van der Waals surface area contributed by atoms with Crippen LogP contribution in [0.2, 0.25) is 0 Å². The van der Waals surface area contributed by atoms with Crippen molar-refractivity contribution in [3.05, 3.63) is 83.9 Å². The number of hydrogen-bond donors (Lipinski definition) is 0. The van der Waals surface area contributed by atoms with Crippen molar-refractivity contribution in [1.82, 2.24) is 0 Å². The van der Waals surface area contributed by atoms with Gasteiger partial charge in [0.05, 0.1) is 0 Å². The Balaban J connectivity index is 2.35. The fraction of sp³-hybridized carbons (Fsp3) is 0.158. The van der Waals surface area contributed by atoms with Gasteiger partial charge in [0.2, 0.25) is 0 Å². The molecule has 2 aromatic rings. The largest absolute Gasteiger partial charge is 0.450 e. The van der Waals surface area contributed by atoms with Crippen LogP contribution in [-0.4, -0.2) is 5.97 Å². The second-order valence-electron chi connectivity index (χ2n) is 5.24. The molecule has 0 heterocycles. The summed E-state index contributed by atoms with van der Waals surface area (Å²) in [6, 6.07) is 21.0. The third-order valence-corrected chi connectivity index (χ3v) is 3.47. The van der Waals surface area contributed by atoms with E-state index in [0.717, 1.165) is 11.1 Å². The van der Waals surface area contributed by atoms with Crippen LogP contribution in [0.1, 0.15) is 18.1 Å². The van der Waals surface area contributed by atoms with Crippen molar-refractivity contribution in [3.8, 4) is 6.07 Å². The van der Waals surface area contributed by atoms with Crippen molar-refractivity contribution in [1.29, 1.82) is 5.26 Å². The summed E-state index contributed by atoms with van der Waals surface area (Å²) in [5, 5.41) is 8.81. The van der Waals surface area contributed by atoms with E-state index in [9.17, 15) is 4.79 Å². The lowest BCUT2D eigenvalue weighted by molar-refractivity contribution is -0.153. The highest BCUT2D eigenvalue weighted by Gasteiger charge is 2.32. The van der Waals surface area contributed by atoms with Gasteiger partial charge in [0.25, 0.3) is 0 Å². The summed E-state index contributed by atoms with van der Waals surface area (Å²) in [5.74, 6) is -0.690. The second kappa shape index (κ2) is 6.73. The van der Waals surface area contributed by atoms with Crippen LogP contribution >= 0.6 is 0 Å². The Hall–Kier alpha value is -2.86. The molecule has 0 spiro atoms. The molecule has 2 aromatic carbocycles. The number of carbonyl (C=O) groups is 1. The van der Waals surface area contributed by atoms with Crippen molar-refractivity contribution in [2.45, 2.75) is 18.9 Å². The van der Waals surface area contributed by atoms with Crippen molar-refractivity contribution in [2.24, 2.45) is 0 Å². The van der Waals surface area contributed by atoms with Crippen LogP contribution in [-0.2, 0) is 21.6 Å². The van der Waals surface area contributed by atoms with Crippen molar-refractivity contribution in [3.63, 3.8) is 0 Å². The molecule has 0 fully saturated rings. The lowest BCUT2D eigenvalue weighted by Gasteiger charge is -2.30. The second-order valence-corrected chi connectivity index (χ2v) is 5.24. The molecule has 0 N–H and O–H groups in total. The van der Waals surface area contributed by atoms with E-state index >= 15 is 0 Å². The van der Waals surface area contributed by atoms with E-state index in [1.165, 1.54) is 0 Å². The average molecular weight is 291 g/mol. The number of esters is 1. The molecular formula is C19H17NO2. The van der Waals surface area contributed by atoms with Gasteiger partial charge in [0.1, 0.15) is 17.2 Å². The van der Waals surface area contributed by atoms with E-state index in [-0.39, 0.29) is 5.57 Å². The number of hydrogen-bond acceptors (Lipinski definition) is 3. The topological polar surface area (TPSA) is 50.1 Å². The third-order valence-electron chi connectivity index (χ3n) is 3.47. The van der Waals surface area contributed by atoms with Crippen molar-refractivity contribution >= 4 is 5.97 Å². The number of benzene rings is 2. The fourth-order valence-corrected chi connectivity index (χ4v) is 2.29. The lowest BCUT2D eigenvalue weighted by Crippen LogP contribution is -2.32. The van der Waals surface area contributed by atoms with Gasteiger partial charge in [-0.2, -0.15) is 5.26 Å². The van der Waals surface area contributed by atoms with Gasteiger partial charge in [-0.15, -0.1) is 0 Å². The Labute approximate surface area is 130 Å². The first kappa shape index (κ1) is 15.5. The molecule has 0 aliphatic heterocycles. The first-order chi connectivity index (χ1) is 10.5. The molecule has 0 aliphatic carbocycles. The number of rotatable bonds is 5. The third kappa shape index (κ3) is 3.62. The fourth-order valence-electron chi connectivity index (χ4n) is 2.29. The van der Waals surface area contributed by atoms with Crippen molar-refractivity contribution in [2.75, 3.05) is 0 Å². The number of nitrogens with zero attached hydrogens (tertiary/aromatic N) is 1. The highest BCUT2D eigenvalue weighted by Crippen LogP contribution is 2.30. The van der Waals surface area contributed by atoms with Crippen LogP contribution in [0.25, 0.3) is 0 Å². The van der Waals surface area contributed by atoms with Gasteiger partial charge in [0.15, 0.2) is 0 Å². The molecule has 0 aromatic heterocycles. The lowest BCUT2D eigenvalue weighted by atomic mass is 9.88. The van der Waals surface area contributed by atoms with Gasteiger partial charge < -0.3 is 4.74 Å². The summed E-state index contributed by atoms with van der Waals surface area (Å²) >= 11 is 0. The minimum absolute atomic E-state index is 0.199. The smallest absolute Gasteiger partial charge is 0.349 e. The molecule has 3 heteroatoms. The molecule has 0 radical (unpaired) electrons. The SMILES string of the molecule is C=C(C#N)C(=O)OC(C)(Cc1ccccc1)c1ccccc1. The van der Waals surface area contributed by atoms with Gasteiger partial charge in [0, 0.05) is 6.42 Å². The van der Waals surface area contributed by atoms with Crippen molar-refractivity contribution < 1.29 is 9.53 Å². The Morgan fingerprint density at radius 2 is 1.68 bits per heavy atom. The van der Waals surface area contributed by atoms with E-state index in [1.807, 2.05) is 67.6 Å². The number of carbonyl (C=O) groups excluding carboxylic acids is 1. The Morgan fingerprint density at radius 1 is 1.14 bits per heavy atom. The molecule has 0 saturated carbocycles. The maximum Gasteiger partial charge on any atom is 0.349 e. The highest BCUT2D eigenvalue weighted by molar-refractivity contribution is 5.92. The maximum atomic E-state index is 12.0. The van der Waals surface area contributed by atoms with Gasteiger partial charge in [-0.1, -0.05) is 67.2 Å². The normalized spacial score (nSPS) is 12.7. The van der Waals surface area contributed by atoms with Gasteiger partial charge >= 0.3 is 5.97 Å². The summed E-state index contributed by atoms with van der Waals surface area (Å²) in [4.78, 5) is 12.0. The predicted molar refractivity (Wildman–Crippen MR) is 84.8 cm³/mol. The molecule has 3 nitrogen and oxygen atoms in total. The molecule has 0 amide bonds. The van der Waals surface area contributed by atoms with Crippen LogP contribution in [0.15, 0.2) is 72.8 Å². The van der Waals surface area contributed by atoms with Gasteiger partial charge in [-0.05, 0) is 18.1 Å².